The lowest BCUT2D eigenvalue weighted by Crippen LogP contribution is -2.40. The summed E-state index contributed by atoms with van der Waals surface area (Å²) in [5.41, 5.74) is -0.967. The summed E-state index contributed by atoms with van der Waals surface area (Å²) >= 11 is 0. The van der Waals surface area contributed by atoms with Gasteiger partial charge in [0.05, 0.1) is 23.2 Å². The monoisotopic (exact) mass is 301 g/mol. The molecule has 7 heteroatoms. The lowest BCUT2D eigenvalue weighted by Gasteiger charge is -2.21. The molecule has 2 N–H and O–H groups in total. The van der Waals surface area contributed by atoms with Crippen molar-refractivity contribution in [1.29, 1.82) is 0 Å². The molecule has 0 aromatic heterocycles. The fourth-order valence-corrected chi connectivity index (χ4v) is 2.57. The molecule has 0 aliphatic heterocycles. The Morgan fingerprint density at radius 1 is 1.45 bits per heavy atom. The average Bonchev–Trinajstić information content (AvgIpc) is 2.45. The Bertz CT molecular complexity index is 580. The Kier molecular flexibility index (Phi) is 5.27. The lowest BCUT2D eigenvalue weighted by atomic mass is 10.1. The number of hydrogen-bond acceptors (Lipinski definition) is 5. The van der Waals surface area contributed by atoms with Crippen LogP contribution in [-0.2, 0) is 14.8 Å². The van der Waals surface area contributed by atoms with E-state index >= 15 is 0 Å². The number of esters is 1. The highest BCUT2D eigenvalue weighted by atomic mass is 32.2. The van der Waals surface area contributed by atoms with Crippen LogP contribution in [0.25, 0.3) is 0 Å². The molecule has 0 aliphatic rings. The van der Waals surface area contributed by atoms with Crippen molar-refractivity contribution < 1.29 is 23.1 Å². The molecule has 20 heavy (non-hydrogen) atoms. The number of ether oxygens (including phenoxy) is 1. The van der Waals surface area contributed by atoms with Crippen molar-refractivity contribution in [2.45, 2.75) is 30.8 Å². The third-order valence-electron chi connectivity index (χ3n) is 2.97. The van der Waals surface area contributed by atoms with E-state index in [1.54, 1.807) is 13.8 Å². The van der Waals surface area contributed by atoms with Crippen molar-refractivity contribution in [2.75, 3.05) is 13.7 Å². The number of hydrogen-bond donors (Lipinski definition) is 2. The van der Waals surface area contributed by atoms with E-state index in [-0.39, 0.29) is 17.0 Å². The SMILES string of the molecule is CCC(C)(O)CNS(=O)(=O)c1cccc(C(=O)OC)c1. The molecule has 0 fully saturated rings. The van der Waals surface area contributed by atoms with E-state index in [1.807, 2.05) is 0 Å². The van der Waals surface area contributed by atoms with Gasteiger partial charge in [-0.3, -0.25) is 0 Å². The largest absolute Gasteiger partial charge is 0.465 e. The van der Waals surface area contributed by atoms with Gasteiger partial charge >= 0.3 is 5.97 Å². The Balaban J connectivity index is 2.96. The van der Waals surface area contributed by atoms with E-state index < -0.39 is 21.6 Å². The van der Waals surface area contributed by atoms with Crippen LogP contribution in [0.1, 0.15) is 30.6 Å². The molecule has 0 saturated carbocycles. The summed E-state index contributed by atoms with van der Waals surface area (Å²) in [5.74, 6) is -0.609. The van der Waals surface area contributed by atoms with Gasteiger partial charge in [-0.1, -0.05) is 13.0 Å². The first kappa shape index (κ1) is 16.6. The summed E-state index contributed by atoms with van der Waals surface area (Å²) in [7, 11) is -2.56. The van der Waals surface area contributed by atoms with E-state index in [0.29, 0.717) is 6.42 Å². The van der Waals surface area contributed by atoms with E-state index in [2.05, 4.69) is 9.46 Å². The highest BCUT2D eigenvalue weighted by Gasteiger charge is 2.23. The molecule has 1 atom stereocenters. The van der Waals surface area contributed by atoms with Crippen molar-refractivity contribution in [1.82, 2.24) is 4.72 Å². The first-order valence-corrected chi connectivity index (χ1v) is 7.60. The van der Waals surface area contributed by atoms with E-state index in [4.69, 9.17) is 0 Å². The Hall–Kier alpha value is -1.44. The number of sulfonamides is 1. The molecular formula is C13H19NO5S. The molecule has 1 aromatic carbocycles. The van der Waals surface area contributed by atoms with Crippen LogP contribution in [0.4, 0.5) is 0 Å². The first-order valence-electron chi connectivity index (χ1n) is 6.12. The molecule has 6 nitrogen and oxygen atoms in total. The third-order valence-corrected chi connectivity index (χ3v) is 4.37. The number of rotatable bonds is 6. The number of nitrogens with one attached hydrogen (secondary N) is 1. The Morgan fingerprint density at radius 2 is 2.10 bits per heavy atom. The normalized spacial score (nSPS) is 14.6. The number of carbonyl (C=O) groups excluding carboxylic acids is 1. The van der Waals surface area contributed by atoms with Crippen molar-refractivity contribution in [3.05, 3.63) is 29.8 Å². The first-order chi connectivity index (χ1) is 9.22. The van der Waals surface area contributed by atoms with Crippen LogP contribution >= 0.6 is 0 Å². The van der Waals surface area contributed by atoms with E-state index in [1.165, 1.54) is 31.4 Å². The lowest BCUT2D eigenvalue weighted by molar-refractivity contribution is 0.0597. The van der Waals surface area contributed by atoms with Crippen molar-refractivity contribution in [2.24, 2.45) is 0 Å². The molecule has 1 unspecified atom stereocenters. The predicted octanol–water partition coefficient (Wildman–Crippen LogP) is 0.912. The zero-order chi connectivity index (χ0) is 15.4. The fourth-order valence-electron chi connectivity index (χ4n) is 1.37. The van der Waals surface area contributed by atoms with Crippen LogP contribution in [0, 0.1) is 0 Å². The second-order valence-electron chi connectivity index (χ2n) is 4.69. The van der Waals surface area contributed by atoms with Gasteiger partial charge in [0.25, 0.3) is 0 Å². The van der Waals surface area contributed by atoms with Crippen LogP contribution in [0.2, 0.25) is 0 Å². The molecule has 0 saturated heterocycles. The summed E-state index contributed by atoms with van der Waals surface area (Å²) < 4.78 is 31.0. The summed E-state index contributed by atoms with van der Waals surface area (Å²) in [6.45, 7) is 3.20. The molecule has 0 aliphatic carbocycles. The van der Waals surface area contributed by atoms with Gasteiger partial charge < -0.3 is 9.84 Å². The summed E-state index contributed by atoms with van der Waals surface area (Å²) in [4.78, 5) is 11.3. The van der Waals surface area contributed by atoms with Crippen LogP contribution < -0.4 is 4.72 Å². The molecule has 0 amide bonds. The maximum absolute atomic E-state index is 12.1. The highest BCUT2D eigenvalue weighted by Crippen LogP contribution is 2.14. The van der Waals surface area contributed by atoms with Gasteiger partial charge in [-0.05, 0) is 31.5 Å². The number of benzene rings is 1. The minimum atomic E-state index is -3.79. The second kappa shape index (κ2) is 6.34. The minimum Gasteiger partial charge on any atom is -0.465 e. The van der Waals surface area contributed by atoms with Gasteiger partial charge in [0.15, 0.2) is 0 Å². The highest BCUT2D eigenvalue weighted by molar-refractivity contribution is 7.89. The van der Waals surface area contributed by atoms with Crippen molar-refractivity contribution in [3.63, 3.8) is 0 Å². The molecule has 1 aromatic rings. The van der Waals surface area contributed by atoms with Crippen LogP contribution in [0.5, 0.6) is 0 Å². The molecule has 0 bridgehead atoms. The summed E-state index contributed by atoms with van der Waals surface area (Å²) in [6.07, 6.45) is 0.414. The van der Waals surface area contributed by atoms with Gasteiger partial charge in [0.2, 0.25) is 10.0 Å². The van der Waals surface area contributed by atoms with Gasteiger partial charge in [0.1, 0.15) is 0 Å². The van der Waals surface area contributed by atoms with Crippen LogP contribution in [-0.4, -0.2) is 38.7 Å². The maximum Gasteiger partial charge on any atom is 0.337 e. The second-order valence-corrected chi connectivity index (χ2v) is 6.46. The molecular weight excluding hydrogens is 282 g/mol. The Morgan fingerprint density at radius 3 is 2.65 bits per heavy atom. The Labute approximate surface area is 118 Å². The van der Waals surface area contributed by atoms with Gasteiger partial charge in [-0.25, -0.2) is 17.9 Å². The zero-order valence-corrected chi connectivity index (χ0v) is 12.5. The van der Waals surface area contributed by atoms with Gasteiger partial charge in [-0.15, -0.1) is 0 Å². The van der Waals surface area contributed by atoms with Crippen molar-refractivity contribution in [3.8, 4) is 0 Å². The average molecular weight is 301 g/mol. The molecule has 0 heterocycles. The van der Waals surface area contributed by atoms with E-state index in [9.17, 15) is 18.3 Å². The summed E-state index contributed by atoms with van der Waals surface area (Å²) in [5, 5.41) is 9.81. The smallest absolute Gasteiger partial charge is 0.337 e. The standard InChI is InChI=1S/C13H19NO5S/c1-4-13(2,16)9-14-20(17,18)11-7-5-6-10(8-11)12(15)19-3/h5-8,14,16H,4,9H2,1-3H3. The predicted molar refractivity (Wildman–Crippen MR) is 73.9 cm³/mol. The zero-order valence-electron chi connectivity index (χ0n) is 11.7. The fraction of sp³-hybridized carbons (Fsp3) is 0.462. The number of carbonyl (C=O) groups is 1. The quantitative estimate of drug-likeness (QED) is 0.762. The minimum absolute atomic E-state index is 0.0488. The third kappa shape index (κ3) is 4.29. The van der Waals surface area contributed by atoms with Gasteiger partial charge in [0, 0.05) is 6.54 Å². The topological polar surface area (TPSA) is 92.7 Å². The van der Waals surface area contributed by atoms with Crippen LogP contribution in [0.15, 0.2) is 29.2 Å². The number of aliphatic hydroxyl groups is 1. The molecule has 1 rings (SSSR count). The molecule has 112 valence electrons. The molecule has 0 radical (unpaired) electrons. The molecule has 0 spiro atoms. The number of methoxy groups -OCH3 is 1. The van der Waals surface area contributed by atoms with Crippen molar-refractivity contribution >= 4 is 16.0 Å². The maximum atomic E-state index is 12.1. The summed E-state index contributed by atoms with van der Waals surface area (Å²) in [6, 6.07) is 5.52. The van der Waals surface area contributed by atoms with E-state index in [0.717, 1.165) is 0 Å². The van der Waals surface area contributed by atoms with Crippen LogP contribution in [0.3, 0.4) is 0 Å². The van der Waals surface area contributed by atoms with Gasteiger partial charge in [-0.2, -0.15) is 0 Å².